The fraction of sp³-hybridized carbons (Fsp3) is 0.533. The number of carbonyl (C=O) groups excluding carboxylic acids is 1. The molecule has 0 saturated carbocycles. The zero-order valence-electron chi connectivity index (χ0n) is 13.0. The SMILES string of the molecule is COC[C@H](c1cccc(C(F)(F)F)c1)N(C)C(=O)[C@@H](C)OC. The number of hydrogen-bond donors (Lipinski definition) is 0. The van der Waals surface area contributed by atoms with Crippen LogP contribution >= 0.6 is 0 Å². The van der Waals surface area contributed by atoms with Gasteiger partial charge in [-0.1, -0.05) is 12.1 Å². The zero-order valence-corrected chi connectivity index (χ0v) is 13.0. The number of ether oxygens (including phenoxy) is 2. The van der Waals surface area contributed by atoms with Gasteiger partial charge in [-0.3, -0.25) is 4.79 Å². The van der Waals surface area contributed by atoms with Crippen molar-refractivity contribution in [1.82, 2.24) is 4.90 Å². The van der Waals surface area contributed by atoms with E-state index in [1.54, 1.807) is 13.0 Å². The molecule has 124 valence electrons. The van der Waals surface area contributed by atoms with E-state index in [0.29, 0.717) is 5.56 Å². The molecule has 1 rings (SSSR count). The Balaban J connectivity index is 3.13. The molecule has 0 unspecified atom stereocenters. The van der Waals surface area contributed by atoms with Crippen molar-refractivity contribution in [3.05, 3.63) is 35.4 Å². The number of methoxy groups -OCH3 is 2. The first-order valence-corrected chi connectivity index (χ1v) is 6.68. The zero-order chi connectivity index (χ0) is 16.9. The predicted molar refractivity (Wildman–Crippen MR) is 75.3 cm³/mol. The van der Waals surface area contributed by atoms with Gasteiger partial charge in [-0.25, -0.2) is 0 Å². The highest BCUT2D eigenvalue weighted by atomic mass is 19.4. The van der Waals surface area contributed by atoms with Crippen LogP contribution in [0.15, 0.2) is 24.3 Å². The van der Waals surface area contributed by atoms with E-state index in [-0.39, 0.29) is 12.5 Å². The molecular weight excluding hydrogens is 299 g/mol. The average molecular weight is 319 g/mol. The van der Waals surface area contributed by atoms with Crippen molar-refractivity contribution in [1.29, 1.82) is 0 Å². The molecule has 0 N–H and O–H groups in total. The van der Waals surface area contributed by atoms with E-state index in [0.717, 1.165) is 12.1 Å². The van der Waals surface area contributed by atoms with Crippen molar-refractivity contribution in [2.24, 2.45) is 0 Å². The Morgan fingerprint density at radius 2 is 1.95 bits per heavy atom. The predicted octanol–water partition coefficient (Wildman–Crippen LogP) is 2.89. The summed E-state index contributed by atoms with van der Waals surface area (Å²) in [6.45, 7) is 1.66. The van der Waals surface area contributed by atoms with Gasteiger partial charge >= 0.3 is 6.18 Å². The summed E-state index contributed by atoms with van der Waals surface area (Å²) in [6.07, 6.45) is -5.12. The average Bonchev–Trinajstić information content (AvgIpc) is 2.49. The number of rotatable bonds is 6. The maximum absolute atomic E-state index is 12.8. The van der Waals surface area contributed by atoms with Gasteiger partial charge in [0.2, 0.25) is 0 Å². The van der Waals surface area contributed by atoms with Gasteiger partial charge in [0.25, 0.3) is 5.91 Å². The van der Waals surface area contributed by atoms with E-state index in [2.05, 4.69) is 0 Å². The molecule has 0 aromatic heterocycles. The van der Waals surface area contributed by atoms with Crippen molar-refractivity contribution in [3.63, 3.8) is 0 Å². The highest BCUT2D eigenvalue weighted by Gasteiger charge is 2.32. The third-order valence-electron chi connectivity index (χ3n) is 3.44. The van der Waals surface area contributed by atoms with Crippen LogP contribution in [0.2, 0.25) is 0 Å². The molecule has 1 aromatic carbocycles. The van der Waals surface area contributed by atoms with Crippen LogP contribution in [-0.4, -0.2) is 44.8 Å². The van der Waals surface area contributed by atoms with E-state index in [9.17, 15) is 18.0 Å². The Bertz CT molecular complexity index is 505. The summed E-state index contributed by atoms with van der Waals surface area (Å²) in [5, 5.41) is 0. The van der Waals surface area contributed by atoms with Gasteiger partial charge in [0.15, 0.2) is 0 Å². The van der Waals surface area contributed by atoms with Crippen LogP contribution in [-0.2, 0) is 20.4 Å². The number of carbonyl (C=O) groups is 1. The molecular formula is C15H20F3NO3. The molecule has 0 spiro atoms. The van der Waals surface area contributed by atoms with Crippen LogP contribution < -0.4 is 0 Å². The quantitative estimate of drug-likeness (QED) is 0.809. The lowest BCUT2D eigenvalue weighted by Gasteiger charge is -2.30. The largest absolute Gasteiger partial charge is 0.416 e. The number of benzene rings is 1. The Hall–Kier alpha value is -1.60. The van der Waals surface area contributed by atoms with Crippen molar-refractivity contribution < 1.29 is 27.4 Å². The first kappa shape index (κ1) is 18.4. The molecule has 4 nitrogen and oxygen atoms in total. The molecule has 1 aromatic rings. The maximum atomic E-state index is 12.8. The second-order valence-corrected chi connectivity index (χ2v) is 4.92. The van der Waals surface area contributed by atoms with Crippen molar-refractivity contribution in [2.75, 3.05) is 27.9 Å². The van der Waals surface area contributed by atoms with E-state index < -0.39 is 23.9 Å². The van der Waals surface area contributed by atoms with E-state index >= 15 is 0 Å². The number of likely N-dealkylation sites (N-methyl/N-ethyl adjacent to an activating group) is 1. The van der Waals surface area contributed by atoms with Gasteiger partial charge in [0.05, 0.1) is 18.2 Å². The van der Waals surface area contributed by atoms with Gasteiger partial charge in [-0.2, -0.15) is 13.2 Å². The lowest BCUT2D eigenvalue weighted by molar-refractivity contribution is -0.143. The van der Waals surface area contributed by atoms with Crippen molar-refractivity contribution >= 4 is 5.91 Å². The number of nitrogens with zero attached hydrogens (tertiary/aromatic N) is 1. The van der Waals surface area contributed by atoms with Crippen LogP contribution in [0.4, 0.5) is 13.2 Å². The molecule has 0 radical (unpaired) electrons. The molecule has 0 saturated heterocycles. The summed E-state index contributed by atoms with van der Waals surface area (Å²) in [5.41, 5.74) is -0.400. The summed E-state index contributed by atoms with van der Waals surface area (Å²) in [6, 6.07) is 4.26. The van der Waals surface area contributed by atoms with Crippen LogP contribution in [0.1, 0.15) is 24.1 Å². The van der Waals surface area contributed by atoms with Gasteiger partial charge in [0, 0.05) is 21.3 Å². The highest BCUT2D eigenvalue weighted by molar-refractivity contribution is 5.80. The van der Waals surface area contributed by atoms with E-state index in [1.165, 1.54) is 32.2 Å². The normalized spacial score (nSPS) is 14.5. The van der Waals surface area contributed by atoms with Gasteiger partial charge in [-0.05, 0) is 24.6 Å². The van der Waals surface area contributed by atoms with Crippen molar-refractivity contribution in [2.45, 2.75) is 25.2 Å². The summed E-state index contributed by atoms with van der Waals surface area (Å²) in [5.74, 6) is -0.332. The van der Waals surface area contributed by atoms with Crippen LogP contribution in [0, 0.1) is 0 Å². The van der Waals surface area contributed by atoms with Gasteiger partial charge < -0.3 is 14.4 Å². The Kier molecular flexibility index (Phi) is 6.37. The summed E-state index contributed by atoms with van der Waals surface area (Å²) >= 11 is 0. The monoisotopic (exact) mass is 319 g/mol. The fourth-order valence-electron chi connectivity index (χ4n) is 2.05. The molecule has 2 atom stereocenters. The van der Waals surface area contributed by atoms with E-state index in [4.69, 9.17) is 9.47 Å². The van der Waals surface area contributed by atoms with Crippen LogP contribution in [0.3, 0.4) is 0 Å². The molecule has 0 aliphatic heterocycles. The van der Waals surface area contributed by atoms with Crippen LogP contribution in [0.5, 0.6) is 0 Å². The Morgan fingerprint density at radius 3 is 2.45 bits per heavy atom. The number of hydrogen-bond acceptors (Lipinski definition) is 3. The molecule has 7 heteroatoms. The van der Waals surface area contributed by atoms with E-state index in [1.807, 2.05) is 0 Å². The number of halogens is 3. The molecule has 0 aliphatic carbocycles. The standard InChI is InChI=1S/C15H20F3NO3/c1-10(22-4)14(20)19(2)13(9-21-3)11-6-5-7-12(8-11)15(16,17)18/h5-8,10,13H,9H2,1-4H3/t10-,13-/m1/s1. The summed E-state index contributed by atoms with van der Waals surface area (Å²) in [7, 11) is 4.34. The lowest BCUT2D eigenvalue weighted by atomic mass is 10.0. The van der Waals surface area contributed by atoms with Gasteiger partial charge in [-0.15, -0.1) is 0 Å². The first-order valence-electron chi connectivity index (χ1n) is 6.68. The second kappa shape index (κ2) is 7.60. The minimum atomic E-state index is -4.43. The highest BCUT2D eigenvalue weighted by Crippen LogP contribution is 2.32. The smallest absolute Gasteiger partial charge is 0.382 e. The van der Waals surface area contributed by atoms with Crippen LogP contribution in [0.25, 0.3) is 0 Å². The molecule has 0 bridgehead atoms. The summed E-state index contributed by atoms with van der Waals surface area (Å²) < 4.78 is 48.5. The Morgan fingerprint density at radius 1 is 1.32 bits per heavy atom. The third-order valence-corrected chi connectivity index (χ3v) is 3.44. The third kappa shape index (κ3) is 4.45. The fourth-order valence-corrected chi connectivity index (χ4v) is 2.05. The Labute approximate surface area is 127 Å². The number of alkyl halides is 3. The minimum absolute atomic E-state index is 0.0833. The topological polar surface area (TPSA) is 38.8 Å². The first-order chi connectivity index (χ1) is 10.2. The molecule has 0 fully saturated rings. The van der Waals surface area contributed by atoms with Gasteiger partial charge in [0.1, 0.15) is 6.10 Å². The van der Waals surface area contributed by atoms with Crippen molar-refractivity contribution in [3.8, 4) is 0 Å². The molecule has 1 amide bonds. The maximum Gasteiger partial charge on any atom is 0.416 e. The molecule has 0 heterocycles. The molecule has 0 aliphatic rings. The summed E-state index contributed by atoms with van der Waals surface area (Å²) in [4.78, 5) is 13.5. The number of amides is 1. The molecule has 22 heavy (non-hydrogen) atoms. The minimum Gasteiger partial charge on any atom is -0.382 e. The second-order valence-electron chi connectivity index (χ2n) is 4.92. The lowest BCUT2D eigenvalue weighted by Crippen LogP contribution is -2.40.